The number of rotatable bonds is 2. The fraction of sp³-hybridized carbons (Fsp3) is 0.583. The molecule has 16 heavy (non-hydrogen) atoms. The maximum absolute atomic E-state index is 5.58. The highest BCUT2D eigenvalue weighted by Crippen LogP contribution is 2.50. The summed E-state index contributed by atoms with van der Waals surface area (Å²) in [5.74, 6) is 2.91. The van der Waals surface area contributed by atoms with Crippen LogP contribution < -0.4 is 4.90 Å². The third-order valence-electron chi connectivity index (χ3n) is 3.27. The van der Waals surface area contributed by atoms with Gasteiger partial charge in [0.2, 0.25) is 0 Å². The minimum Gasteiger partial charge on any atom is -0.378 e. The van der Waals surface area contributed by atoms with Gasteiger partial charge >= 0.3 is 0 Å². The number of hydrogen-bond acceptors (Lipinski definition) is 4. The SMILES string of the molecule is C#CC1(c2cnc(N3CCOCC3)s2)CC1. The van der Waals surface area contributed by atoms with Crippen LogP contribution in [0.4, 0.5) is 5.13 Å². The highest BCUT2D eigenvalue weighted by Gasteiger charge is 2.44. The maximum atomic E-state index is 5.58. The molecule has 2 aliphatic rings. The number of hydrogen-bond donors (Lipinski definition) is 0. The monoisotopic (exact) mass is 234 g/mol. The van der Waals surface area contributed by atoms with Gasteiger partial charge in [-0.05, 0) is 12.8 Å². The second kappa shape index (κ2) is 3.76. The molecule has 0 amide bonds. The van der Waals surface area contributed by atoms with Gasteiger partial charge in [0.1, 0.15) is 0 Å². The molecule has 1 saturated heterocycles. The van der Waals surface area contributed by atoms with Crippen LogP contribution >= 0.6 is 11.3 Å². The molecule has 84 valence electrons. The van der Waals surface area contributed by atoms with Gasteiger partial charge in [-0.3, -0.25) is 0 Å². The van der Waals surface area contributed by atoms with Crippen molar-refractivity contribution in [1.82, 2.24) is 4.98 Å². The van der Waals surface area contributed by atoms with Crippen molar-refractivity contribution in [3.8, 4) is 12.3 Å². The summed E-state index contributed by atoms with van der Waals surface area (Å²) in [5, 5.41) is 1.10. The first-order chi connectivity index (χ1) is 7.84. The van der Waals surface area contributed by atoms with Crippen LogP contribution in [0.2, 0.25) is 0 Å². The average molecular weight is 234 g/mol. The van der Waals surface area contributed by atoms with Crippen LogP contribution in [-0.4, -0.2) is 31.3 Å². The molecule has 1 saturated carbocycles. The summed E-state index contributed by atoms with van der Waals surface area (Å²) in [6, 6.07) is 0. The molecule has 1 aromatic rings. The Morgan fingerprint density at radius 1 is 1.44 bits per heavy atom. The van der Waals surface area contributed by atoms with Gasteiger partial charge in [-0.1, -0.05) is 5.92 Å². The van der Waals surface area contributed by atoms with Crippen LogP contribution in [0.1, 0.15) is 17.7 Å². The Morgan fingerprint density at radius 2 is 2.19 bits per heavy atom. The van der Waals surface area contributed by atoms with Crippen LogP contribution in [0.25, 0.3) is 0 Å². The lowest BCUT2D eigenvalue weighted by Crippen LogP contribution is -2.36. The van der Waals surface area contributed by atoms with Gasteiger partial charge in [-0.25, -0.2) is 4.98 Å². The van der Waals surface area contributed by atoms with Crippen LogP contribution in [0.15, 0.2) is 6.20 Å². The van der Waals surface area contributed by atoms with Gasteiger partial charge in [0.05, 0.1) is 18.6 Å². The van der Waals surface area contributed by atoms with E-state index in [1.807, 2.05) is 6.20 Å². The molecule has 0 spiro atoms. The van der Waals surface area contributed by atoms with Gasteiger partial charge in [0.25, 0.3) is 0 Å². The van der Waals surface area contributed by atoms with E-state index in [9.17, 15) is 0 Å². The molecule has 0 N–H and O–H groups in total. The Bertz CT molecular complexity index is 424. The lowest BCUT2D eigenvalue weighted by molar-refractivity contribution is 0.122. The predicted molar refractivity (Wildman–Crippen MR) is 64.9 cm³/mol. The number of aromatic nitrogens is 1. The van der Waals surface area contributed by atoms with E-state index in [0.29, 0.717) is 0 Å². The summed E-state index contributed by atoms with van der Waals surface area (Å²) < 4.78 is 5.33. The van der Waals surface area contributed by atoms with E-state index in [1.165, 1.54) is 4.88 Å². The lowest BCUT2D eigenvalue weighted by Gasteiger charge is -2.26. The quantitative estimate of drug-likeness (QED) is 0.727. The smallest absolute Gasteiger partial charge is 0.185 e. The minimum atomic E-state index is 0.0300. The number of thiazole rings is 1. The number of terminal acetylenes is 1. The summed E-state index contributed by atoms with van der Waals surface area (Å²) in [7, 11) is 0. The van der Waals surface area contributed by atoms with Crippen molar-refractivity contribution in [2.24, 2.45) is 0 Å². The Morgan fingerprint density at radius 3 is 2.81 bits per heavy atom. The van der Waals surface area contributed by atoms with Gasteiger partial charge < -0.3 is 9.64 Å². The average Bonchev–Trinajstić information content (AvgIpc) is 3.00. The number of ether oxygens (including phenoxy) is 1. The van der Waals surface area contributed by atoms with Gasteiger partial charge in [-0.15, -0.1) is 17.8 Å². The predicted octanol–water partition coefficient (Wildman–Crippen LogP) is 1.64. The third-order valence-corrected chi connectivity index (χ3v) is 4.54. The second-order valence-electron chi connectivity index (χ2n) is 4.33. The highest BCUT2D eigenvalue weighted by molar-refractivity contribution is 7.15. The van der Waals surface area contributed by atoms with Crippen molar-refractivity contribution < 1.29 is 4.74 Å². The molecule has 3 nitrogen and oxygen atoms in total. The maximum Gasteiger partial charge on any atom is 0.185 e. The highest BCUT2D eigenvalue weighted by atomic mass is 32.1. The summed E-state index contributed by atoms with van der Waals surface area (Å²) in [6.07, 6.45) is 9.78. The molecular formula is C12H14N2OS. The molecule has 0 bridgehead atoms. The summed E-state index contributed by atoms with van der Waals surface area (Å²) in [6.45, 7) is 3.48. The Hall–Kier alpha value is -1.05. The molecule has 0 unspecified atom stereocenters. The first-order valence-electron chi connectivity index (χ1n) is 5.61. The molecule has 2 heterocycles. The van der Waals surface area contributed by atoms with E-state index in [4.69, 9.17) is 11.2 Å². The largest absolute Gasteiger partial charge is 0.378 e. The zero-order chi connectivity index (χ0) is 11.0. The second-order valence-corrected chi connectivity index (χ2v) is 5.34. The summed E-state index contributed by atoms with van der Waals surface area (Å²) in [4.78, 5) is 8.03. The molecule has 3 rings (SSSR count). The van der Waals surface area contributed by atoms with Crippen molar-refractivity contribution in [1.29, 1.82) is 0 Å². The van der Waals surface area contributed by atoms with E-state index in [0.717, 1.165) is 44.3 Å². The van der Waals surface area contributed by atoms with Crippen LogP contribution in [0.5, 0.6) is 0 Å². The molecule has 0 aromatic carbocycles. The zero-order valence-electron chi connectivity index (χ0n) is 9.11. The van der Waals surface area contributed by atoms with E-state index >= 15 is 0 Å². The van der Waals surface area contributed by atoms with Crippen molar-refractivity contribution in [3.63, 3.8) is 0 Å². The van der Waals surface area contributed by atoms with E-state index in [1.54, 1.807) is 11.3 Å². The van der Waals surface area contributed by atoms with Crippen LogP contribution in [0, 0.1) is 12.3 Å². The Balaban J connectivity index is 1.80. The number of nitrogens with zero attached hydrogens (tertiary/aromatic N) is 2. The molecule has 1 aromatic heterocycles. The van der Waals surface area contributed by atoms with Gasteiger partial charge in [-0.2, -0.15) is 0 Å². The van der Waals surface area contributed by atoms with Gasteiger partial charge in [0.15, 0.2) is 5.13 Å². The van der Waals surface area contributed by atoms with Gasteiger partial charge in [0, 0.05) is 24.2 Å². The fourth-order valence-electron chi connectivity index (χ4n) is 1.97. The van der Waals surface area contributed by atoms with Crippen LogP contribution in [-0.2, 0) is 10.2 Å². The lowest BCUT2D eigenvalue weighted by atomic mass is 10.1. The van der Waals surface area contributed by atoms with Crippen molar-refractivity contribution >= 4 is 16.5 Å². The van der Waals surface area contributed by atoms with Crippen molar-refractivity contribution in [3.05, 3.63) is 11.1 Å². The summed E-state index contributed by atoms with van der Waals surface area (Å²) >= 11 is 1.75. The molecule has 4 heteroatoms. The Kier molecular flexibility index (Phi) is 2.38. The Labute approximate surface area is 99.4 Å². The molecule has 1 aliphatic carbocycles. The van der Waals surface area contributed by atoms with E-state index < -0.39 is 0 Å². The normalized spacial score (nSPS) is 22.8. The topological polar surface area (TPSA) is 25.4 Å². The molecule has 1 aliphatic heterocycles. The van der Waals surface area contributed by atoms with Crippen molar-refractivity contribution in [2.45, 2.75) is 18.3 Å². The fourth-order valence-corrected chi connectivity index (χ4v) is 3.15. The molecule has 2 fully saturated rings. The van der Waals surface area contributed by atoms with E-state index in [2.05, 4.69) is 15.8 Å². The van der Waals surface area contributed by atoms with E-state index in [-0.39, 0.29) is 5.41 Å². The first-order valence-corrected chi connectivity index (χ1v) is 6.42. The third kappa shape index (κ3) is 1.60. The molecule has 0 atom stereocenters. The number of anilines is 1. The molecular weight excluding hydrogens is 220 g/mol. The van der Waals surface area contributed by atoms with Crippen LogP contribution in [0.3, 0.4) is 0 Å². The number of morpholine rings is 1. The zero-order valence-corrected chi connectivity index (χ0v) is 9.92. The molecule has 0 radical (unpaired) electrons. The summed E-state index contributed by atoms with van der Waals surface area (Å²) in [5.41, 5.74) is 0.0300. The standard InChI is InChI=1S/C12H14N2OS/c1-2-12(3-4-12)10-9-13-11(16-10)14-5-7-15-8-6-14/h1,9H,3-8H2. The first kappa shape index (κ1) is 10.1. The minimum absolute atomic E-state index is 0.0300. The van der Waals surface area contributed by atoms with Crippen molar-refractivity contribution in [2.75, 3.05) is 31.2 Å².